The molecule has 3 heteroatoms. The number of hydrogen-bond donors (Lipinski definition) is 1. The molecule has 2 rings (SSSR count). The minimum atomic E-state index is 0.367. The predicted octanol–water partition coefficient (Wildman–Crippen LogP) is 2.56. The number of carbonyl (C=O) groups is 1. The number of carbonyl (C=O) groups excluding carboxylic acids is 1. The van der Waals surface area contributed by atoms with E-state index in [1.165, 1.54) is 32.1 Å². The Kier molecular flexibility index (Phi) is 5.48. The minimum Gasteiger partial charge on any atom is -0.339 e. The highest BCUT2D eigenvalue weighted by Crippen LogP contribution is 2.27. The fourth-order valence-electron chi connectivity index (χ4n) is 3.33. The largest absolute Gasteiger partial charge is 0.339 e. The number of hydrogen-bond acceptors (Lipinski definition) is 2. The summed E-state index contributed by atoms with van der Waals surface area (Å²) in [6, 6.07) is 0.367. The van der Waals surface area contributed by atoms with Crippen LogP contribution in [0.15, 0.2) is 0 Å². The quantitative estimate of drug-likeness (QED) is 0.837. The number of nitrogens with one attached hydrogen (secondary N) is 1. The standard InChI is InChI=1S/C15H28N2O/c1-13-12-16-10-5-11-17(13)15(18)9-8-14-6-3-2-4-7-14/h13-14,16H,2-12H2,1H3. The van der Waals surface area contributed by atoms with Gasteiger partial charge in [0.25, 0.3) is 0 Å². The van der Waals surface area contributed by atoms with Gasteiger partial charge in [-0.1, -0.05) is 32.1 Å². The Morgan fingerprint density at radius 1 is 1.22 bits per heavy atom. The van der Waals surface area contributed by atoms with Crippen molar-refractivity contribution in [1.82, 2.24) is 10.2 Å². The zero-order chi connectivity index (χ0) is 12.8. The van der Waals surface area contributed by atoms with Crippen molar-refractivity contribution in [2.75, 3.05) is 19.6 Å². The van der Waals surface area contributed by atoms with Gasteiger partial charge in [-0.05, 0) is 32.2 Å². The second kappa shape index (κ2) is 7.13. The van der Waals surface area contributed by atoms with E-state index in [1.807, 2.05) is 0 Å². The molecular weight excluding hydrogens is 224 g/mol. The maximum Gasteiger partial charge on any atom is 0.222 e. The first kappa shape index (κ1) is 13.9. The van der Waals surface area contributed by atoms with E-state index in [2.05, 4.69) is 17.1 Å². The van der Waals surface area contributed by atoms with Crippen molar-refractivity contribution in [3.63, 3.8) is 0 Å². The second-order valence-electron chi connectivity index (χ2n) is 6.04. The lowest BCUT2D eigenvalue weighted by Gasteiger charge is -2.28. The van der Waals surface area contributed by atoms with Gasteiger partial charge in [0.1, 0.15) is 0 Å². The molecule has 0 radical (unpaired) electrons. The first-order valence-electron chi connectivity index (χ1n) is 7.77. The molecule has 0 spiro atoms. The molecule has 0 aromatic carbocycles. The lowest BCUT2D eigenvalue weighted by molar-refractivity contribution is -0.133. The van der Waals surface area contributed by atoms with Crippen molar-refractivity contribution >= 4 is 5.91 Å². The lowest BCUT2D eigenvalue weighted by Crippen LogP contribution is -2.41. The average molecular weight is 252 g/mol. The molecule has 1 saturated heterocycles. The number of amides is 1. The molecule has 2 aliphatic rings. The molecule has 1 unspecified atom stereocenters. The molecule has 18 heavy (non-hydrogen) atoms. The molecule has 1 saturated carbocycles. The zero-order valence-corrected chi connectivity index (χ0v) is 11.8. The summed E-state index contributed by atoms with van der Waals surface area (Å²) in [6.07, 6.45) is 9.85. The van der Waals surface area contributed by atoms with E-state index < -0.39 is 0 Å². The summed E-state index contributed by atoms with van der Waals surface area (Å²) in [5.74, 6) is 1.21. The number of nitrogens with zero attached hydrogens (tertiary/aromatic N) is 1. The molecule has 1 heterocycles. The smallest absolute Gasteiger partial charge is 0.222 e. The third kappa shape index (κ3) is 3.98. The first-order valence-corrected chi connectivity index (χ1v) is 7.77. The molecule has 1 N–H and O–H groups in total. The van der Waals surface area contributed by atoms with Gasteiger partial charge < -0.3 is 10.2 Å². The summed E-state index contributed by atoms with van der Waals surface area (Å²) in [5.41, 5.74) is 0. The van der Waals surface area contributed by atoms with Crippen LogP contribution in [-0.4, -0.2) is 36.5 Å². The second-order valence-corrected chi connectivity index (χ2v) is 6.04. The Morgan fingerprint density at radius 3 is 2.78 bits per heavy atom. The Balaban J connectivity index is 1.75. The maximum atomic E-state index is 12.3. The van der Waals surface area contributed by atoms with E-state index in [9.17, 15) is 4.79 Å². The minimum absolute atomic E-state index is 0.367. The van der Waals surface area contributed by atoms with Crippen LogP contribution in [0, 0.1) is 5.92 Å². The first-order chi connectivity index (χ1) is 8.77. The van der Waals surface area contributed by atoms with Crippen LogP contribution in [0.3, 0.4) is 0 Å². The lowest BCUT2D eigenvalue weighted by atomic mass is 9.86. The third-order valence-electron chi connectivity index (χ3n) is 4.54. The predicted molar refractivity (Wildman–Crippen MR) is 74.5 cm³/mol. The van der Waals surface area contributed by atoms with E-state index in [4.69, 9.17) is 0 Å². The van der Waals surface area contributed by atoms with Gasteiger partial charge in [0.05, 0.1) is 0 Å². The van der Waals surface area contributed by atoms with Gasteiger partial charge in [-0.25, -0.2) is 0 Å². The molecule has 0 aromatic heterocycles. The summed E-state index contributed by atoms with van der Waals surface area (Å²) in [7, 11) is 0. The van der Waals surface area contributed by atoms with Crippen LogP contribution in [0.2, 0.25) is 0 Å². The molecular formula is C15H28N2O. The van der Waals surface area contributed by atoms with Crippen molar-refractivity contribution in [1.29, 1.82) is 0 Å². The fourth-order valence-corrected chi connectivity index (χ4v) is 3.33. The third-order valence-corrected chi connectivity index (χ3v) is 4.54. The Hall–Kier alpha value is -0.570. The van der Waals surface area contributed by atoms with E-state index in [0.717, 1.165) is 44.8 Å². The summed E-state index contributed by atoms with van der Waals surface area (Å²) in [4.78, 5) is 14.4. The van der Waals surface area contributed by atoms with Gasteiger partial charge in [0, 0.05) is 25.6 Å². The van der Waals surface area contributed by atoms with Gasteiger partial charge >= 0.3 is 0 Å². The van der Waals surface area contributed by atoms with Crippen molar-refractivity contribution in [3.05, 3.63) is 0 Å². The monoisotopic (exact) mass is 252 g/mol. The molecule has 0 aromatic rings. The Bertz CT molecular complexity index is 261. The van der Waals surface area contributed by atoms with Gasteiger partial charge in [0.2, 0.25) is 5.91 Å². The van der Waals surface area contributed by atoms with Crippen LogP contribution >= 0.6 is 0 Å². The van der Waals surface area contributed by atoms with E-state index in [1.54, 1.807) is 0 Å². The summed E-state index contributed by atoms with van der Waals surface area (Å²) in [6.45, 7) is 5.11. The Labute approximate surface area is 111 Å². The van der Waals surface area contributed by atoms with Gasteiger partial charge in [-0.15, -0.1) is 0 Å². The Morgan fingerprint density at radius 2 is 2.00 bits per heavy atom. The molecule has 0 bridgehead atoms. The maximum absolute atomic E-state index is 12.3. The summed E-state index contributed by atoms with van der Waals surface area (Å²) < 4.78 is 0. The van der Waals surface area contributed by atoms with Crippen molar-refractivity contribution in [3.8, 4) is 0 Å². The summed E-state index contributed by atoms with van der Waals surface area (Å²) in [5, 5.41) is 3.39. The highest BCUT2D eigenvalue weighted by molar-refractivity contribution is 5.76. The zero-order valence-electron chi connectivity index (χ0n) is 11.8. The van der Waals surface area contributed by atoms with Crippen LogP contribution in [-0.2, 0) is 4.79 Å². The van der Waals surface area contributed by atoms with Crippen molar-refractivity contribution < 1.29 is 4.79 Å². The molecule has 104 valence electrons. The average Bonchev–Trinajstić information content (AvgIpc) is 2.62. The molecule has 3 nitrogen and oxygen atoms in total. The van der Waals surface area contributed by atoms with E-state index in [-0.39, 0.29) is 0 Å². The normalized spacial score (nSPS) is 26.9. The van der Waals surface area contributed by atoms with Gasteiger partial charge in [0.15, 0.2) is 0 Å². The van der Waals surface area contributed by atoms with Crippen LogP contribution in [0.25, 0.3) is 0 Å². The number of rotatable bonds is 3. The van der Waals surface area contributed by atoms with Gasteiger partial charge in [-0.3, -0.25) is 4.79 Å². The van der Waals surface area contributed by atoms with Gasteiger partial charge in [-0.2, -0.15) is 0 Å². The molecule has 2 fully saturated rings. The highest BCUT2D eigenvalue weighted by atomic mass is 16.2. The van der Waals surface area contributed by atoms with Crippen LogP contribution in [0.4, 0.5) is 0 Å². The fraction of sp³-hybridized carbons (Fsp3) is 0.933. The molecule has 1 atom stereocenters. The van der Waals surface area contributed by atoms with Crippen molar-refractivity contribution in [2.45, 2.75) is 64.3 Å². The van der Waals surface area contributed by atoms with Crippen LogP contribution in [0.1, 0.15) is 58.3 Å². The van der Waals surface area contributed by atoms with Crippen LogP contribution in [0.5, 0.6) is 0 Å². The molecule has 1 amide bonds. The molecule has 1 aliphatic carbocycles. The highest BCUT2D eigenvalue weighted by Gasteiger charge is 2.22. The summed E-state index contributed by atoms with van der Waals surface area (Å²) >= 11 is 0. The SMILES string of the molecule is CC1CNCCCN1C(=O)CCC1CCCCC1. The van der Waals surface area contributed by atoms with Crippen molar-refractivity contribution in [2.24, 2.45) is 5.92 Å². The van der Waals surface area contributed by atoms with Crippen LogP contribution < -0.4 is 5.32 Å². The van der Waals surface area contributed by atoms with E-state index >= 15 is 0 Å². The topological polar surface area (TPSA) is 32.3 Å². The molecule has 1 aliphatic heterocycles. The van der Waals surface area contributed by atoms with E-state index in [0.29, 0.717) is 11.9 Å².